The summed E-state index contributed by atoms with van der Waals surface area (Å²) in [6.07, 6.45) is 5.72. The highest BCUT2D eigenvalue weighted by molar-refractivity contribution is 5.82. The number of carbonyl (C=O) groups is 1. The van der Waals surface area contributed by atoms with Crippen molar-refractivity contribution in [1.29, 1.82) is 0 Å². The number of benzene rings is 1. The fraction of sp³-hybridized carbons (Fsp3) is 0.417. The summed E-state index contributed by atoms with van der Waals surface area (Å²) in [7, 11) is 0. The van der Waals surface area contributed by atoms with Crippen molar-refractivity contribution in [1.82, 2.24) is 4.98 Å². The van der Waals surface area contributed by atoms with Gasteiger partial charge in [-0.15, -0.1) is 0 Å². The van der Waals surface area contributed by atoms with E-state index in [0.717, 1.165) is 11.3 Å². The first kappa shape index (κ1) is 19.8. The van der Waals surface area contributed by atoms with Gasteiger partial charge >= 0.3 is 5.97 Å². The van der Waals surface area contributed by atoms with Gasteiger partial charge in [-0.25, -0.2) is 9.18 Å². The van der Waals surface area contributed by atoms with Crippen molar-refractivity contribution in [2.75, 3.05) is 0 Å². The molecule has 1 N–H and O–H groups in total. The van der Waals surface area contributed by atoms with Gasteiger partial charge in [-0.05, 0) is 49.3 Å². The van der Waals surface area contributed by atoms with Gasteiger partial charge in [0.2, 0.25) is 0 Å². The van der Waals surface area contributed by atoms with Crippen molar-refractivity contribution in [3.8, 4) is 11.1 Å². The zero-order valence-electron chi connectivity index (χ0n) is 16.9. The molecule has 0 radical (unpaired) electrons. The van der Waals surface area contributed by atoms with E-state index in [1.807, 2.05) is 31.2 Å². The lowest BCUT2D eigenvalue weighted by molar-refractivity contribution is -0.160. The van der Waals surface area contributed by atoms with Gasteiger partial charge in [-0.2, -0.15) is 0 Å². The fourth-order valence-corrected chi connectivity index (χ4v) is 4.97. The number of carbonyl (C=O) groups excluding carboxylic acids is 1. The van der Waals surface area contributed by atoms with Crippen molar-refractivity contribution in [2.45, 2.75) is 38.9 Å². The highest BCUT2D eigenvalue weighted by Crippen LogP contribution is 2.51. The van der Waals surface area contributed by atoms with E-state index in [0.29, 0.717) is 17.9 Å². The maximum Gasteiger partial charge on any atom is 0.338 e. The molecule has 1 aliphatic heterocycles. The molecule has 2 aliphatic rings. The van der Waals surface area contributed by atoms with Crippen molar-refractivity contribution in [3.63, 3.8) is 0 Å². The normalized spacial score (nSPS) is 34.2. The Balaban J connectivity index is 1.59. The molecule has 1 aromatic carbocycles. The quantitative estimate of drug-likeness (QED) is 0.778. The number of cyclic esters (lactones) is 1. The average molecular weight is 395 g/mol. The highest BCUT2D eigenvalue weighted by atomic mass is 19.1. The largest absolute Gasteiger partial charge is 0.460 e. The molecular weight excluding hydrogens is 369 g/mol. The van der Waals surface area contributed by atoms with Crippen molar-refractivity contribution in [2.24, 2.45) is 23.7 Å². The number of hydrogen-bond acceptors (Lipinski definition) is 4. The lowest BCUT2D eigenvalue weighted by atomic mass is 9.60. The number of hydrogen-bond donors (Lipinski definition) is 1. The summed E-state index contributed by atoms with van der Waals surface area (Å²) < 4.78 is 19.4. The van der Waals surface area contributed by atoms with Crippen LogP contribution in [-0.4, -0.2) is 27.8 Å². The van der Waals surface area contributed by atoms with Crippen LogP contribution in [0.1, 0.15) is 32.9 Å². The smallest absolute Gasteiger partial charge is 0.338 e. The standard InChI is InChI=1S/C24H26FNO3/c1-14-12-24(28)22(16(3)29-23(24)27)19(15(14)2)11-10-18-9-8-17(13-26-18)20-6-4-5-7-21(20)25/h4-11,13-16,19,22,28H,12H2,1-3H3/t14-,15+,16+,19-,22-,24-/m0/s1. The number of ether oxygens (including phenoxy) is 1. The molecular formula is C24H26FNO3. The first-order valence-electron chi connectivity index (χ1n) is 10.1. The van der Waals surface area contributed by atoms with Gasteiger partial charge in [0, 0.05) is 23.2 Å². The van der Waals surface area contributed by atoms with E-state index in [1.54, 1.807) is 24.4 Å². The first-order valence-corrected chi connectivity index (χ1v) is 10.1. The van der Waals surface area contributed by atoms with Crippen LogP contribution in [0.4, 0.5) is 4.39 Å². The molecule has 29 heavy (non-hydrogen) atoms. The van der Waals surface area contributed by atoms with Crippen molar-refractivity contribution >= 4 is 12.0 Å². The Morgan fingerprint density at radius 1 is 1.21 bits per heavy atom. The second-order valence-corrected chi connectivity index (χ2v) is 8.49. The summed E-state index contributed by atoms with van der Waals surface area (Å²) in [6.45, 7) is 6.08. The third-order valence-corrected chi connectivity index (χ3v) is 6.72. The summed E-state index contributed by atoms with van der Waals surface area (Å²) >= 11 is 0. The topological polar surface area (TPSA) is 59.4 Å². The molecule has 1 saturated carbocycles. The summed E-state index contributed by atoms with van der Waals surface area (Å²) in [6, 6.07) is 10.3. The lowest BCUT2D eigenvalue weighted by Crippen LogP contribution is -2.52. The Labute approximate surface area is 170 Å². The van der Waals surface area contributed by atoms with Crippen molar-refractivity contribution in [3.05, 3.63) is 60.2 Å². The van der Waals surface area contributed by atoms with E-state index in [4.69, 9.17) is 4.74 Å². The number of fused-ring (bicyclic) bond motifs is 1. The van der Waals surface area contributed by atoms with Gasteiger partial charge in [0.05, 0.1) is 5.69 Å². The molecule has 0 unspecified atom stereocenters. The molecule has 2 heterocycles. The van der Waals surface area contributed by atoms with Crippen molar-refractivity contribution < 1.29 is 19.0 Å². The van der Waals surface area contributed by atoms with Crippen LogP contribution < -0.4 is 0 Å². The summed E-state index contributed by atoms with van der Waals surface area (Å²) in [4.78, 5) is 16.7. The Morgan fingerprint density at radius 2 is 1.97 bits per heavy atom. The van der Waals surface area contributed by atoms with E-state index in [9.17, 15) is 14.3 Å². The average Bonchev–Trinajstić information content (AvgIpc) is 2.92. The number of rotatable bonds is 3. The van der Waals surface area contributed by atoms with Crippen LogP contribution in [0.5, 0.6) is 0 Å². The highest BCUT2D eigenvalue weighted by Gasteiger charge is 2.61. The van der Waals surface area contributed by atoms with Crippen LogP contribution in [0.2, 0.25) is 0 Å². The molecule has 1 saturated heterocycles. The number of aromatic nitrogens is 1. The molecule has 1 aliphatic carbocycles. The molecule has 4 rings (SSSR count). The molecule has 2 aromatic rings. The molecule has 6 atom stereocenters. The van der Waals surface area contributed by atoms with Crippen LogP contribution in [0, 0.1) is 29.5 Å². The van der Waals surface area contributed by atoms with Crippen LogP contribution in [0.25, 0.3) is 17.2 Å². The minimum Gasteiger partial charge on any atom is -0.460 e. The Morgan fingerprint density at radius 3 is 2.66 bits per heavy atom. The maximum absolute atomic E-state index is 14.0. The van der Waals surface area contributed by atoms with Gasteiger partial charge < -0.3 is 9.84 Å². The molecule has 152 valence electrons. The zero-order chi connectivity index (χ0) is 20.8. The maximum atomic E-state index is 14.0. The summed E-state index contributed by atoms with van der Waals surface area (Å²) in [5.74, 6) is -0.555. The Hall–Kier alpha value is -2.53. The summed E-state index contributed by atoms with van der Waals surface area (Å²) in [5, 5.41) is 11.0. The predicted molar refractivity (Wildman–Crippen MR) is 109 cm³/mol. The van der Waals surface area contributed by atoms with Crippen LogP contribution in [0.3, 0.4) is 0 Å². The number of esters is 1. The van der Waals surface area contributed by atoms with Gasteiger partial charge in [0.15, 0.2) is 5.60 Å². The third-order valence-electron chi connectivity index (χ3n) is 6.72. The van der Waals surface area contributed by atoms with E-state index in [-0.39, 0.29) is 29.7 Å². The molecule has 5 heteroatoms. The number of aliphatic hydroxyl groups is 1. The Bertz CT molecular complexity index is 941. The van der Waals surface area contributed by atoms with Crippen LogP contribution in [0.15, 0.2) is 48.7 Å². The SMILES string of the molecule is C[C@H]1[C@H](C=Cc2ccc(-c3ccccc3F)cn2)[C@@H]2[C@@H](C)OC(=O)[C@]2(O)C[C@@H]1C. The third kappa shape index (κ3) is 3.38. The second kappa shape index (κ2) is 7.38. The van der Waals surface area contributed by atoms with Crippen LogP contribution in [-0.2, 0) is 9.53 Å². The van der Waals surface area contributed by atoms with E-state index in [1.165, 1.54) is 6.07 Å². The molecule has 2 fully saturated rings. The first-order chi connectivity index (χ1) is 13.8. The summed E-state index contributed by atoms with van der Waals surface area (Å²) in [5.41, 5.74) is 0.572. The minimum absolute atomic E-state index is 0.00163. The van der Waals surface area contributed by atoms with Gasteiger partial charge in [0.1, 0.15) is 11.9 Å². The molecule has 0 spiro atoms. The number of pyridine rings is 1. The van der Waals surface area contributed by atoms with E-state index < -0.39 is 11.6 Å². The second-order valence-electron chi connectivity index (χ2n) is 8.49. The predicted octanol–water partition coefficient (Wildman–Crippen LogP) is 4.49. The van der Waals surface area contributed by atoms with E-state index >= 15 is 0 Å². The number of allylic oxidation sites excluding steroid dienone is 1. The molecule has 1 aromatic heterocycles. The van der Waals surface area contributed by atoms with E-state index in [2.05, 4.69) is 18.8 Å². The van der Waals surface area contributed by atoms with Gasteiger partial charge in [0.25, 0.3) is 0 Å². The van der Waals surface area contributed by atoms with Gasteiger partial charge in [-0.3, -0.25) is 4.98 Å². The Kier molecular flexibility index (Phi) is 5.03. The molecule has 4 nitrogen and oxygen atoms in total. The van der Waals surface area contributed by atoms with Gasteiger partial charge in [-0.1, -0.05) is 44.2 Å². The number of halogens is 1. The molecule has 0 amide bonds. The number of nitrogens with zero attached hydrogens (tertiary/aromatic N) is 1. The monoisotopic (exact) mass is 395 g/mol. The zero-order valence-corrected chi connectivity index (χ0v) is 16.9. The van der Waals surface area contributed by atoms with Crippen LogP contribution >= 0.6 is 0 Å². The minimum atomic E-state index is -1.41. The fourth-order valence-electron chi connectivity index (χ4n) is 4.97. The lowest BCUT2D eigenvalue weighted by Gasteiger charge is -2.44. The molecule has 0 bridgehead atoms.